The highest BCUT2D eigenvalue weighted by Crippen LogP contribution is 2.31. The second-order valence-corrected chi connectivity index (χ2v) is 3.57. The zero-order valence-electron chi connectivity index (χ0n) is 9.57. The molecule has 0 heterocycles. The molecule has 0 fully saturated rings. The molecule has 0 aliphatic rings. The first-order valence-electron chi connectivity index (χ1n) is 5.26. The molecule has 1 aromatic carbocycles. The van der Waals surface area contributed by atoms with Gasteiger partial charge in [-0.2, -0.15) is 13.2 Å². The zero-order valence-corrected chi connectivity index (χ0v) is 9.57. The molecule has 3 nitrogen and oxygen atoms in total. The van der Waals surface area contributed by atoms with E-state index in [1.807, 2.05) is 12.2 Å². The number of carbonyl (C=O) groups is 1. The number of urea groups is 1. The lowest BCUT2D eigenvalue weighted by Crippen LogP contribution is -2.29. The van der Waals surface area contributed by atoms with Crippen molar-refractivity contribution in [3.8, 4) is 0 Å². The molecule has 2 amide bonds. The van der Waals surface area contributed by atoms with Gasteiger partial charge in [0.15, 0.2) is 0 Å². The summed E-state index contributed by atoms with van der Waals surface area (Å²) in [4.78, 5) is 11.2. The highest BCUT2D eigenvalue weighted by Gasteiger charge is 2.31. The molecule has 0 spiro atoms. The Kier molecular flexibility index (Phi) is 4.52. The molecule has 1 rings (SSSR count). The highest BCUT2D eigenvalue weighted by molar-refractivity contribution is 5.89. The number of benzene rings is 1. The Hall–Kier alpha value is -1.79. The van der Waals surface area contributed by atoms with Crippen LogP contribution in [0.15, 0.2) is 18.2 Å². The molecule has 0 radical (unpaired) electrons. The van der Waals surface area contributed by atoms with E-state index in [1.165, 1.54) is 0 Å². The van der Waals surface area contributed by atoms with E-state index < -0.39 is 29.3 Å². The van der Waals surface area contributed by atoms with Crippen LogP contribution in [-0.4, -0.2) is 12.6 Å². The summed E-state index contributed by atoms with van der Waals surface area (Å²) in [5.41, 5.74) is -1.52. The minimum Gasteiger partial charge on any atom is -0.338 e. The third-order valence-electron chi connectivity index (χ3n) is 2.08. The molecule has 0 unspecified atom stereocenters. The van der Waals surface area contributed by atoms with Crippen molar-refractivity contribution in [3.05, 3.63) is 29.6 Å². The second-order valence-electron chi connectivity index (χ2n) is 3.57. The molecule has 0 atom stereocenters. The van der Waals surface area contributed by atoms with Gasteiger partial charge in [-0.05, 0) is 24.6 Å². The van der Waals surface area contributed by atoms with E-state index in [9.17, 15) is 22.4 Å². The van der Waals surface area contributed by atoms with Crippen LogP contribution in [0.2, 0.25) is 0 Å². The molecule has 0 saturated heterocycles. The number of hydrogen-bond acceptors (Lipinski definition) is 1. The SMILES string of the molecule is CCCNC(=O)Nc1cc(C(F)(F)F)ccc1F. The summed E-state index contributed by atoms with van der Waals surface area (Å²) in [5, 5.41) is 4.40. The van der Waals surface area contributed by atoms with Gasteiger partial charge < -0.3 is 10.6 Å². The molecule has 0 aliphatic carbocycles. The molecule has 18 heavy (non-hydrogen) atoms. The van der Waals surface area contributed by atoms with Crippen molar-refractivity contribution in [2.24, 2.45) is 0 Å². The average Bonchev–Trinajstić information content (AvgIpc) is 2.28. The standard InChI is InChI=1S/C11H12F4N2O/c1-2-5-16-10(18)17-9-6-7(11(13,14)15)3-4-8(9)12/h3-4,6H,2,5H2,1H3,(H2,16,17,18). The number of nitrogens with one attached hydrogen (secondary N) is 2. The van der Waals surface area contributed by atoms with Crippen molar-refractivity contribution in [3.63, 3.8) is 0 Å². The number of hydrogen-bond donors (Lipinski definition) is 2. The molecule has 2 N–H and O–H groups in total. The molecule has 100 valence electrons. The Bertz CT molecular complexity index is 432. The fourth-order valence-corrected chi connectivity index (χ4v) is 1.20. The first kappa shape index (κ1) is 14.3. The van der Waals surface area contributed by atoms with Crippen molar-refractivity contribution < 1.29 is 22.4 Å². The van der Waals surface area contributed by atoms with Crippen LogP contribution in [0.3, 0.4) is 0 Å². The quantitative estimate of drug-likeness (QED) is 0.807. The van der Waals surface area contributed by atoms with Crippen molar-refractivity contribution in [1.29, 1.82) is 0 Å². The van der Waals surface area contributed by atoms with Gasteiger partial charge in [0.05, 0.1) is 11.3 Å². The molecule has 0 bridgehead atoms. The van der Waals surface area contributed by atoms with Crippen LogP contribution in [0.5, 0.6) is 0 Å². The van der Waals surface area contributed by atoms with Crippen LogP contribution in [0.1, 0.15) is 18.9 Å². The van der Waals surface area contributed by atoms with Crippen LogP contribution >= 0.6 is 0 Å². The van der Waals surface area contributed by atoms with Crippen molar-refractivity contribution in [2.45, 2.75) is 19.5 Å². The van der Waals surface area contributed by atoms with Crippen LogP contribution in [0, 0.1) is 5.82 Å². The normalized spacial score (nSPS) is 11.2. The van der Waals surface area contributed by atoms with Gasteiger partial charge in [0.1, 0.15) is 5.82 Å². The maximum atomic E-state index is 13.2. The van der Waals surface area contributed by atoms with E-state index >= 15 is 0 Å². The number of anilines is 1. The van der Waals surface area contributed by atoms with Gasteiger partial charge in [-0.3, -0.25) is 0 Å². The maximum Gasteiger partial charge on any atom is 0.416 e. The largest absolute Gasteiger partial charge is 0.416 e. The Morgan fingerprint density at radius 3 is 2.56 bits per heavy atom. The van der Waals surface area contributed by atoms with Crippen LogP contribution in [-0.2, 0) is 6.18 Å². The predicted molar refractivity (Wildman–Crippen MR) is 58.7 cm³/mol. The van der Waals surface area contributed by atoms with Gasteiger partial charge >= 0.3 is 12.2 Å². The summed E-state index contributed by atoms with van der Waals surface area (Å²) in [6, 6.07) is 1.10. The second kappa shape index (κ2) is 5.70. The van der Waals surface area contributed by atoms with Gasteiger partial charge in [0.2, 0.25) is 0 Å². The fraction of sp³-hybridized carbons (Fsp3) is 0.364. The van der Waals surface area contributed by atoms with E-state index in [4.69, 9.17) is 0 Å². The Morgan fingerprint density at radius 2 is 2.00 bits per heavy atom. The van der Waals surface area contributed by atoms with Crippen molar-refractivity contribution in [1.82, 2.24) is 5.32 Å². The van der Waals surface area contributed by atoms with Gasteiger partial charge in [-0.25, -0.2) is 9.18 Å². The summed E-state index contributed by atoms with van der Waals surface area (Å²) >= 11 is 0. The first-order valence-corrected chi connectivity index (χ1v) is 5.26. The number of amides is 2. The monoisotopic (exact) mass is 264 g/mol. The van der Waals surface area contributed by atoms with E-state index in [0.717, 1.165) is 0 Å². The maximum absolute atomic E-state index is 13.2. The van der Waals surface area contributed by atoms with E-state index in [2.05, 4.69) is 5.32 Å². The van der Waals surface area contributed by atoms with Gasteiger partial charge in [0, 0.05) is 6.54 Å². The molecule has 1 aromatic rings. The van der Waals surface area contributed by atoms with E-state index in [-0.39, 0.29) is 0 Å². The summed E-state index contributed by atoms with van der Waals surface area (Å²) in [5.74, 6) is -0.922. The molecule has 7 heteroatoms. The lowest BCUT2D eigenvalue weighted by Gasteiger charge is -2.11. The topological polar surface area (TPSA) is 41.1 Å². The molecule has 0 aliphatic heterocycles. The molecule has 0 aromatic heterocycles. The van der Waals surface area contributed by atoms with E-state index in [0.29, 0.717) is 31.2 Å². The van der Waals surface area contributed by atoms with E-state index in [1.54, 1.807) is 0 Å². The summed E-state index contributed by atoms with van der Waals surface area (Å²) in [6.07, 6.45) is -3.91. The minimum atomic E-state index is -4.58. The van der Waals surface area contributed by atoms with Gasteiger partial charge in [-0.1, -0.05) is 6.92 Å². The van der Waals surface area contributed by atoms with Crippen LogP contribution in [0.4, 0.5) is 28.0 Å². The van der Waals surface area contributed by atoms with Crippen molar-refractivity contribution in [2.75, 3.05) is 11.9 Å². The molecular weight excluding hydrogens is 252 g/mol. The van der Waals surface area contributed by atoms with Crippen LogP contribution < -0.4 is 10.6 Å². The Labute approximate surface area is 101 Å². The first-order chi connectivity index (χ1) is 8.34. The molecule has 0 saturated carbocycles. The summed E-state index contributed by atoms with van der Waals surface area (Å²) < 4.78 is 50.4. The number of halogens is 4. The minimum absolute atomic E-state index is 0.354. The Morgan fingerprint density at radius 1 is 1.33 bits per heavy atom. The summed E-state index contributed by atoms with van der Waals surface area (Å²) in [7, 11) is 0. The van der Waals surface area contributed by atoms with Crippen molar-refractivity contribution >= 4 is 11.7 Å². The number of rotatable bonds is 3. The fourth-order valence-electron chi connectivity index (χ4n) is 1.20. The number of alkyl halides is 3. The smallest absolute Gasteiger partial charge is 0.338 e. The Balaban J connectivity index is 2.85. The summed E-state index contributed by atoms with van der Waals surface area (Å²) in [6.45, 7) is 2.16. The zero-order chi connectivity index (χ0) is 13.8. The third kappa shape index (κ3) is 3.90. The van der Waals surface area contributed by atoms with Crippen LogP contribution in [0.25, 0.3) is 0 Å². The lowest BCUT2D eigenvalue weighted by molar-refractivity contribution is -0.137. The third-order valence-corrected chi connectivity index (χ3v) is 2.08. The highest BCUT2D eigenvalue weighted by atomic mass is 19.4. The average molecular weight is 264 g/mol. The van der Waals surface area contributed by atoms with Gasteiger partial charge in [0.25, 0.3) is 0 Å². The predicted octanol–water partition coefficient (Wildman–Crippen LogP) is 3.38. The van der Waals surface area contributed by atoms with Gasteiger partial charge in [-0.15, -0.1) is 0 Å². The lowest BCUT2D eigenvalue weighted by atomic mass is 10.2. The molecular formula is C11H12F4N2O. The number of carbonyl (C=O) groups excluding carboxylic acids is 1.